The van der Waals surface area contributed by atoms with Crippen molar-refractivity contribution in [1.82, 2.24) is 9.55 Å². The molecule has 18 heavy (non-hydrogen) atoms. The van der Waals surface area contributed by atoms with Gasteiger partial charge in [-0.2, -0.15) is 0 Å². The summed E-state index contributed by atoms with van der Waals surface area (Å²) in [6.07, 6.45) is 1.49. The quantitative estimate of drug-likeness (QED) is 0.785. The summed E-state index contributed by atoms with van der Waals surface area (Å²) in [6.45, 7) is 3.62. The molecule has 0 radical (unpaired) electrons. The molecule has 0 unspecified atom stereocenters. The number of amides is 1. The molecule has 0 aliphatic rings. The van der Waals surface area contributed by atoms with E-state index in [1.165, 1.54) is 12.4 Å². The van der Waals surface area contributed by atoms with Gasteiger partial charge in [0.2, 0.25) is 0 Å². The number of aryl methyl sites for hydroxylation is 1. The fraction of sp³-hybridized carbons (Fsp3) is 0.167. The van der Waals surface area contributed by atoms with Gasteiger partial charge in [-0.25, -0.2) is 9.37 Å². The van der Waals surface area contributed by atoms with Gasteiger partial charge in [-0.3, -0.25) is 4.79 Å². The van der Waals surface area contributed by atoms with Crippen LogP contribution in [-0.4, -0.2) is 15.5 Å². The van der Waals surface area contributed by atoms with Crippen molar-refractivity contribution in [2.75, 3.05) is 5.73 Å². The van der Waals surface area contributed by atoms with Crippen LogP contribution in [0.3, 0.4) is 0 Å². The van der Waals surface area contributed by atoms with Gasteiger partial charge in [0.05, 0.1) is 23.3 Å². The maximum Gasteiger partial charge on any atom is 0.250 e. The van der Waals surface area contributed by atoms with Crippen LogP contribution in [-0.2, 0) is 0 Å². The smallest absolute Gasteiger partial charge is 0.250 e. The Hall–Kier alpha value is -2.37. The minimum Gasteiger partial charge on any atom is -0.398 e. The second-order valence-corrected chi connectivity index (χ2v) is 4.04. The van der Waals surface area contributed by atoms with E-state index < -0.39 is 11.7 Å². The van der Waals surface area contributed by atoms with Gasteiger partial charge in [-0.05, 0) is 26.0 Å². The zero-order valence-corrected chi connectivity index (χ0v) is 10.1. The van der Waals surface area contributed by atoms with Crippen molar-refractivity contribution in [2.24, 2.45) is 5.73 Å². The maximum atomic E-state index is 13.9. The lowest BCUT2D eigenvalue weighted by Crippen LogP contribution is -2.15. The molecule has 0 saturated carbocycles. The molecule has 0 saturated heterocycles. The highest BCUT2D eigenvalue weighted by atomic mass is 19.1. The van der Waals surface area contributed by atoms with Crippen LogP contribution in [0.1, 0.15) is 21.7 Å². The van der Waals surface area contributed by atoms with E-state index in [2.05, 4.69) is 4.98 Å². The number of rotatable bonds is 2. The molecule has 0 bridgehead atoms. The number of hydrogen-bond acceptors (Lipinski definition) is 3. The third kappa shape index (κ3) is 1.81. The topological polar surface area (TPSA) is 86.9 Å². The number of benzene rings is 1. The molecule has 5 nitrogen and oxygen atoms in total. The Kier molecular flexibility index (Phi) is 2.78. The molecule has 0 fully saturated rings. The predicted molar refractivity (Wildman–Crippen MR) is 65.9 cm³/mol. The number of nitrogen functional groups attached to an aromatic ring is 1. The third-order valence-corrected chi connectivity index (χ3v) is 2.90. The molecule has 2 aromatic rings. The summed E-state index contributed by atoms with van der Waals surface area (Å²) in [5, 5.41) is 0. The monoisotopic (exact) mass is 248 g/mol. The normalized spacial score (nSPS) is 10.6. The Labute approximate surface area is 103 Å². The molecule has 2 rings (SSSR count). The summed E-state index contributed by atoms with van der Waals surface area (Å²) in [5.74, 6) is -1.22. The van der Waals surface area contributed by atoms with Crippen LogP contribution in [0.25, 0.3) is 5.69 Å². The number of aromatic nitrogens is 2. The molecular formula is C12H13FN4O. The fourth-order valence-electron chi connectivity index (χ4n) is 1.72. The molecule has 1 aromatic carbocycles. The summed E-state index contributed by atoms with van der Waals surface area (Å²) in [7, 11) is 0. The Bertz CT molecular complexity index is 633. The number of primary amides is 1. The van der Waals surface area contributed by atoms with Crippen molar-refractivity contribution in [2.45, 2.75) is 13.8 Å². The number of imidazole rings is 1. The van der Waals surface area contributed by atoms with Gasteiger partial charge in [-0.15, -0.1) is 0 Å². The second kappa shape index (κ2) is 4.14. The van der Waals surface area contributed by atoms with E-state index >= 15 is 0 Å². The summed E-state index contributed by atoms with van der Waals surface area (Å²) >= 11 is 0. The number of carbonyl (C=O) groups is 1. The zero-order chi connectivity index (χ0) is 13.4. The predicted octanol–water partition coefficient (Wildman–Crippen LogP) is 1.31. The minimum atomic E-state index is -0.691. The molecule has 0 atom stereocenters. The second-order valence-electron chi connectivity index (χ2n) is 4.04. The first-order chi connectivity index (χ1) is 8.41. The molecule has 4 N–H and O–H groups in total. The van der Waals surface area contributed by atoms with Crippen LogP contribution in [0, 0.1) is 19.7 Å². The third-order valence-electron chi connectivity index (χ3n) is 2.90. The number of hydrogen-bond donors (Lipinski definition) is 2. The Morgan fingerprint density at radius 1 is 1.39 bits per heavy atom. The molecule has 94 valence electrons. The van der Waals surface area contributed by atoms with E-state index in [1.807, 2.05) is 13.8 Å². The van der Waals surface area contributed by atoms with Crippen LogP contribution < -0.4 is 11.5 Å². The van der Waals surface area contributed by atoms with Crippen LogP contribution in [0.15, 0.2) is 18.5 Å². The van der Waals surface area contributed by atoms with Crippen LogP contribution >= 0.6 is 0 Å². The first-order valence-electron chi connectivity index (χ1n) is 5.31. The van der Waals surface area contributed by atoms with Crippen molar-refractivity contribution in [3.8, 4) is 5.69 Å². The largest absolute Gasteiger partial charge is 0.398 e. The van der Waals surface area contributed by atoms with E-state index in [0.29, 0.717) is 0 Å². The Balaban J connectivity index is 2.68. The molecule has 0 aliphatic carbocycles. The molecule has 0 spiro atoms. The number of nitrogens with two attached hydrogens (primary N) is 2. The maximum absolute atomic E-state index is 13.9. The van der Waals surface area contributed by atoms with Gasteiger partial charge in [0.25, 0.3) is 5.91 Å². The highest BCUT2D eigenvalue weighted by Gasteiger charge is 2.15. The summed E-state index contributed by atoms with van der Waals surface area (Å²) < 4.78 is 15.4. The number of anilines is 1. The zero-order valence-electron chi connectivity index (χ0n) is 10.1. The number of nitrogens with zero attached hydrogens (tertiary/aromatic N) is 2. The lowest BCUT2D eigenvalue weighted by atomic mass is 10.1. The minimum absolute atomic E-state index is 0.0261. The van der Waals surface area contributed by atoms with Crippen molar-refractivity contribution >= 4 is 11.6 Å². The van der Waals surface area contributed by atoms with E-state index in [1.54, 1.807) is 4.57 Å². The lowest BCUT2D eigenvalue weighted by Gasteiger charge is -2.10. The number of halogens is 1. The Morgan fingerprint density at radius 3 is 2.56 bits per heavy atom. The molecule has 1 heterocycles. The van der Waals surface area contributed by atoms with E-state index in [0.717, 1.165) is 17.5 Å². The van der Waals surface area contributed by atoms with Gasteiger partial charge in [0, 0.05) is 11.4 Å². The standard InChI is InChI=1S/C12H13FN4O/c1-6-7(2)17(5-16-6)11-3-8(12(15)18)10(14)4-9(11)13/h3-5H,14H2,1-2H3,(H2,15,18). The molecular weight excluding hydrogens is 235 g/mol. The van der Waals surface area contributed by atoms with Gasteiger partial charge < -0.3 is 16.0 Å². The highest BCUT2D eigenvalue weighted by molar-refractivity contribution is 5.98. The van der Waals surface area contributed by atoms with Crippen molar-refractivity contribution in [3.05, 3.63) is 41.2 Å². The molecule has 0 aliphatic heterocycles. The number of carbonyl (C=O) groups excluding carboxylic acids is 1. The summed E-state index contributed by atoms with van der Waals surface area (Å²) in [6, 6.07) is 2.42. The van der Waals surface area contributed by atoms with Crippen molar-refractivity contribution in [1.29, 1.82) is 0 Å². The molecule has 1 amide bonds. The lowest BCUT2D eigenvalue weighted by molar-refractivity contribution is 0.100. The van der Waals surface area contributed by atoms with Gasteiger partial charge in [-0.1, -0.05) is 0 Å². The SMILES string of the molecule is Cc1ncn(-c2cc(C(N)=O)c(N)cc2F)c1C. The average molecular weight is 248 g/mol. The summed E-state index contributed by atoms with van der Waals surface area (Å²) in [5.41, 5.74) is 12.6. The van der Waals surface area contributed by atoms with Gasteiger partial charge in [0.1, 0.15) is 5.82 Å². The van der Waals surface area contributed by atoms with E-state index in [-0.39, 0.29) is 16.9 Å². The summed E-state index contributed by atoms with van der Waals surface area (Å²) in [4.78, 5) is 15.3. The Morgan fingerprint density at radius 2 is 2.06 bits per heavy atom. The van der Waals surface area contributed by atoms with E-state index in [9.17, 15) is 9.18 Å². The van der Waals surface area contributed by atoms with Crippen molar-refractivity contribution < 1.29 is 9.18 Å². The molecule has 6 heteroatoms. The fourth-order valence-corrected chi connectivity index (χ4v) is 1.72. The molecule has 1 aromatic heterocycles. The van der Waals surface area contributed by atoms with Gasteiger partial charge >= 0.3 is 0 Å². The average Bonchev–Trinajstić information content (AvgIpc) is 2.60. The first-order valence-corrected chi connectivity index (χ1v) is 5.31. The van der Waals surface area contributed by atoms with Gasteiger partial charge in [0.15, 0.2) is 0 Å². The van der Waals surface area contributed by atoms with Crippen LogP contribution in [0.4, 0.5) is 10.1 Å². The first kappa shape index (κ1) is 12.1. The van der Waals surface area contributed by atoms with E-state index in [4.69, 9.17) is 11.5 Å². The van der Waals surface area contributed by atoms with Crippen LogP contribution in [0.2, 0.25) is 0 Å². The van der Waals surface area contributed by atoms with Crippen LogP contribution in [0.5, 0.6) is 0 Å². The highest BCUT2D eigenvalue weighted by Crippen LogP contribution is 2.23. The van der Waals surface area contributed by atoms with Crippen molar-refractivity contribution in [3.63, 3.8) is 0 Å².